The number of amides is 1. The first-order chi connectivity index (χ1) is 16.8. The van der Waals surface area contributed by atoms with Gasteiger partial charge in [0.25, 0.3) is 0 Å². The molecule has 1 saturated heterocycles. The molecule has 3 heterocycles. The van der Waals surface area contributed by atoms with Gasteiger partial charge in [0.15, 0.2) is 5.75 Å². The first kappa shape index (κ1) is 24.7. The van der Waals surface area contributed by atoms with Crippen molar-refractivity contribution in [1.29, 1.82) is 0 Å². The summed E-state index contributed by atoms with van der Waals surface area (Å²) in [5, 5.41) is 4.51. The molecule has 0 N–H and O–H groups in total. The molecule has 1 aliphatic heterocycles. The van der Waals surface area contributed by atoms with Gasteiger partial charge in [-0.05, 0) is 38.8 Å². The second-order valence-electron chi connectivity index (χ2n) is 8.33. The van der Waals surface area contributed by atoms with Crippen molar-refractivity contribution in [2.75, 3.05) is 13.1 Å². The molecule has 2 aromatic heterocycles. The van der Waals surface area contributed by atoms with Gasteiger partial charge >= 0.3 is 0 Å². The van der Waals surface area contributed by atoms with E-state index >= 15 is 0 Å². The molecule has 7 nitrogen and oxygen atoms in total. The van der Waals surface area contributed by atoms with Crippen molar-refractivity contribution in [3.63, 3.8) is 0 Å². The van der Waals surface area contributed by atoms with Gasteiger partial charge in [0, 0.05) is 54.7 Å². The highest BCUT2D eigenvalue weighted by molar-refractivity contribution is 6.29. The van der Waals surface area contributed by atoms with Crippen LogP contribution in [0.2, 0.25) is 5.15 Å². The van der Waals surface area contributed by atoms with Crippen molar-refractivity contribution in [1.82, 2.24) is 19.9 Å². The predicted octanol–water partition coefficient (Wildman–Crippen LogP) is 4.86. The summed E-state index contributed by atoms with van der Waals surface area (Å²) in [4.78, 5) is 32.7. The molecule has 0 atom stereocenters. The number of carbonyl (C=O) groups is 1. The summed E-state index contributed by atoms with van der Waals surface area (Å²) in [6, 6.07) is 6.81. The monoisotopic (exact) mass is 499 g/mol. The minimum Gasteiger partial charge on any atom is -0.357 e. The molecular weight excluding hydrogens is 476 g/mol. The van der Waals surface area contributed by atoms with E-state index in [1.54, 1.807) is 23.2 Å². The van der Waals surface area contributed by atoms with E-state index in [-0.39, 0.29) is 23.8 Å². The predicted molar refractivity (Wildman–Crippen MR) is 127 cm³/mol. The standard InChI is InChI=1S/C25H24ClF2N5O2/c1-15(32-35-18-6-9-29-23(26)12-18)20-14-30-16(2)31-25(20)17-7-10-33(11-8-17)24(34)13-19-21(27)4-3-5-22(19)28/h3-6,9,12,14,17H,7-8,10-11,13H2,1-2H3/b32-15+. The van der Waals surface area contributed by atoms with E-state index in [1.165, 1.54) is 12.3 Å². The summed E-state index contributed by atoms with van der Waals surface area (Å²) in [6.07, 6.45) is 4.26. The number of oxime groups is 1. The Morgan fingerprint density at radius 3 is 2.60 bits per heavy atom. The molecule has 0 bridgehead atoms. The summed E-state index contributed by atoms with van der Waals surface area (Å²) in [6.45, 7) is 4.55. The van der Waals surface area contributed by atoms with E-state index in [1.807, 2.05) is 13.8 Å². The van der Waals surface area contributed by atoms with Gasteiger partial charge in [-0.15, -0.1) is 0 Å². The molecule has 35 heavy (non-hydrogen) atoms. The highest BCUT2D eigenvalue weighted by Gasteiger charge is 2.28. The van der Waals surface area contributed by atoms with E-state index in [4.69, 9.17) is 16.4 Å². The van der Waals surface area contributed by atoms with Crippen molar-refractivity contribution < 1.29 is 18.4 Å². The number of benzene rings is 1. The zero-order valence-corrected chi connectivity index (χ0v) is 20.1. The van der Waals surface area contributed by atoms with Crippen LogP contribution in [0.15, 0.2) is 47.9 Å². The smallest absolute Gasteiger partial charge is 0.227 e. The molecule has 0 spiro atoms. The van der Waals surface area contributed by atoms with Crippen LogP contribution >= 0.6 is 11.6 Å². The van der Waals surface area contributed by atoms with E-state index in [9.17, 15) is 13.6 Å². The lowest BCUT2D eigenvalue weighted by Gasteiger charge is -2.32. The Bertz CT molecular complexity index is 1240. The third kappa shape index (κ3) is 5.97. The fourth-order valence-corrected chi connectivity index (χ4v) is 4.22. The SMILES string of the molecule is C/C(=N\Oc1ccnc(Cl)c1)c1cnc(C)nc1C1CCN(C(=O)Cc2c(F)cccc2F)CC1. The fourth-order valence-electron chi connectivity index (χ4n) is 4.06. The second-order valence-corrected chi connectivity index (χ2v) is 8.72. The van der Waals surface area contributed by atoms with Crippen LogP contribution in [-0.2, 0) is 11.2 Å². The fraction of sp³-hybridized carbons (Fsp3) is 0.320. The molecule has 0 saturated carbocycles. The van der Waals surface area contributed by atoms with Crippen molar-refractivity contribution in [3.05, 3.63) is 82.2 Å². The molecule has 0 unspecified atom stereocenters. The van der Waals surface area contributed by atoms with Gasteiger partial charge in [0.2, 0.25) is 5.91 Å². The maximum Gasteiger partial charge on any atom is 0.227 e. The normalized spacial score (nSPS) is 14.8. The largest absolute Gasteiger partial charge is 0.357 e. The third-order valence-corrected chi connectivity index (χ3v) is 6.15. The molecule has 4 rings (SSSR count). The molecule has 0 aliphatic carbocycles. The number of nitrogens with zero attached hydrogens (tertiary/aromatic N) is 5. The van der Waals surface area contributed by atoms with Gasteiger partial charge in [-0.25, -0.2) is 23.7 Å². The summed E-state index contributed by atoms with van der Waals surface area (Å²) in [7, 11) is 0. The van der Waals surface area contributed by atoms with Gasteiger partial charge in [-0.2, -0.15) is 0 Å². The van der Waals surface area contributed by atoms with Gasteiger partial charge in [0.05, 0.1) is 17.8 Å². The van der Waals surface area contributed by atoms with Crippen LogP contribution in [0.25, 0.3) is 0 Å². The van der Waals surface area contributed by atoms with Crippen LogP contribution in [0.4, 0.5) is 8.78 Å². The van der Waals surface area contributed by atoms with Gasteiger partial charge in [-0.1, -0.05) is 22.8 Å². The first-order valence-corrected chi connectivity index (χ1v) is 11.6. The van der Waals surface area contributed by atoms with E-state index in [2.05, 4.69) is 20.1 Å². The average molecular weight is 500 g/mol. The summed E-state index contributed by atoms with van der Waals surface area (Å²) < 4.78 is 27.9. The Balaban J connectivity index is 1.45. The number of rotatable bonds is 6. The van der Waals surface area contributed by atoms with Crippen molar-refractivity contribution in [2.24, 2.45) is 5.16 Å². The average Bonchev–Trinajstić information content (AvgIpc) is 2.85. The number of pyridine rings is 1. The molecule has 0 radical (unpaired) electrons. The summed E-state index contributed by atoms with van der Waals surface area (Å²) in [5.74, 6) is -0.556. The second kappa shape index (κ2) is 10.9. The topological polar surface area (TPSA) is 80.6 Å². The number of piperidine rings is 1. The number of halogens is 3. The molecule has 1 aliphatic rings. The Kier molecular flexibility index (Phi) is 7.65. The van der Waals surface area contributed by atoms with Crippen molar-refractivity contribution >= 4 is 23.2 Å². The minimum absolute atomic E-state index is 0.0708. The van der Waals surface area contributed by atoms with Crippen LogP contribution in [0.5, 0.6) is 5.75 Å². The molecule has 1 aromatic carbocycles. The quantitative estimate of drug-likeness (QED) is 0.275. The highest BCUT2D eigenvalue weighted by Crippen LogP contribution is 2.30. The Morgan fingerprint density at radius 2 is 1.91 bits per heavy atom. The lowest BCUT2D eigenvalue weighted by molar-refractivity contribution is -0.131. The molecule has 182 valence electrons. The van der Waals surface area contributed by atoms with E-state index in [0.717, 1.165) is 23.4 Å². The van der Waals surface area contributed by atoms with Crippen LogP contribution in [0.3, 0.4) is 0 Å². The molecular formula is C25H24ClF2N5O2. The zero-order chi connectivity index (χ0) is 24.9. The maximum atomic E-state index is 14.0. The third-order valence-electron chi connectivity index (χ3n) is 5.94. The molecule has 1 fully saturated rings. The van der Waals surface area contributed by atoms with Gasteiger partial charge in [-0.3, -0.25) is 4.79 Å². The van der Waals surface area contributed by atoms with Crippen molar-refractivity contribution in [3.8, 4) is 5.75 Å². The molecule has 3 aromatic rings. The van der Waals surface area contributed by atoms with Gasteiger partial charge < -0.3 is 9.74 Å². The lowest BCUT2D eigenvalue weighted by atomic mass is 9.89. The number of hydrogen-bond donors (Lipinski definition) is 0. The summed E-state index contributed by atoms with van der Waals surface area (Å²) >= 11 is 5.89. The molecule has 1 amide bonds. The number of hydrogen-bond acceptors (Lipinski definition) is 6. The minimum atomic E-state index is -0.708. The van der Waals surface area contributed by atoms with Gasteiger partial charge in [0.1, 0.15) is 22.6 Å². The number of carbonyl (C=O) groups excluding carboxylic acids is 1. The van der Waals surface area contributed by atoms with E-state index in [0.29, 0.717) is 48.4 Å². The van der Waals surface area contributed by atoms with Crippen LogP contribution in [0.1, 0.15) is 48.3 Å². The zero-order valence-electron chi connectivity index (χ0n) is 19.3. The first-order valence-electron chi connectivity index (χ1n) is 11.2. The Morgan fingerprint density at radius 1 is 1.20 bits per heavy atom. The Labute approximate surface area is 206 Å². The number of aryl methyl sites for hydroxylation is 1. The molecule has 10 heteroatoms. The number of likely N-dealkylation sites (tertiary alicyclic amines) is 1. The van der Waals surface area contributed by atoms with Crippen LogP contribution in [-0.4, -0.2) is 44.6 Å². The summed E-state index contributed by atoms with van der Waals surface area (Å²) in [5.41, 5.74) is 1.99. The maximum absolute atomic E-state index is 14.0. The Hall–Kier alpha value is -3.46. The van der Waals surface area contributed by atoms with Crippen LogP contribution in [0, 0.1) is 18.6 Å². The highest BCUT2D eigenvalue weighted by atomic mass is 35.5. The van der Waals surface area contributed by atoms with E-state index < -0.39 is 11.6 Å². The lowest BCUT2D eigenvalue weighted by Crippen LogP contribution is -2.39. The van der Waals surface area contributed by atoms with Crippen LogP contribution < -0.4 is 4.84 Å². The number of aromatic nitrogens is 3. The van der Waals surface area contributed by atoms with Crippen molar-refractivity contribution in [2.45, 2.75) is 39.0 Å².